The summed E-state index contributed by atoms with van der Waals surface area (Å²) in [6.07, 6.45) is 1.05. The predicted octanol–water partition coefficient (Wildman–Crippen LogP) is 3.18. The summed E-state index contributed by atoms with van der Waals surface area (Å²) in [5, 5.41) is 11.5. The van der Waals surface area contributed by atoms with E-state index in [1.807, 2.05) is 6.07 Å². The van der Waals surface area contributed by atoms with Gasteiger partial charge in [0.2, 0.25) is 0 Å². The van der Waals surface area contributed by atoms with Gasteiger partial charge in [0.05, 0.1) is 0 Å². The number of aliphatic hydroxyl groups excluding tert-OH is 1. The third-order valence-electron chi connectivity index (χ3n) is 1.67. The SMILES string of the molecule is C=CC(O)c1cc2sccc2s1. The van der Waals surface area contributed by atoms with E-state index in [4.69, 9.17) is 0 Å². The molecule has 0 amide bonds. The van der Waals surface area contributed by atoms with Crippen molar-refractivity contribution in [3.8, 4) is 0 Å². The quantitative estimate of drug-likeness (QED) is 0.731. The molecule has 0 aliphatic rings. The second kappa shape index (κ2) is 3.01. The molecule has 1 nitrogen and oxygen atoms in total. The minimum atomic E-state index is -0.505. The van der Waals surface area contributed by atoms with Crippen molar-refractivity contribution in [3.63, 3.8) is 0 Å². The van der Waals surface area contributed by atoms with Crippen molar-refractivity contribution in [2.24, 2.45) is 0 Å². The smallest absolute Gasteiger partial charge is 0.106 e. The topological polar surface area (TPSA) is 20.2 Å². The number of thiophene rings is 2. The zero-order valence-corrected chi connectivity index (χ0v) is 7.99. The molecule has 0 aliphatic heterocycles. The molecule has 0 saturated carbocycles. The Bertz CT molecular complexity index is 371. The van der Waals surface area contributed by atoms with Crippen molar-refractivity contribution < 1.29 is 5.11 Å². The van der Waals surface area contributed by atoms with Gasteiger partial charge in [-0.3, -0.25) is 0 Å². The lowest BCUT2D eigenvalue weighted by atomic mass is 10.3. The molecule has 0 radical (unpaired) electrons. The summed E-state index contributed by atoms with van der Waals surface area (Å²) in [6, 6.07) is 4.10. The van der Waals surface area contributed by atoms with Gasteiger partial charge in [-0.15, -0.1) is 29.3 Å². The molecule has 2 aromatic heterocycles. The van der Waals surface area contributed by atoms with Gasteiger partial charge in [-0.2, -0.15) is 0 Å². The molecule has 3 heteroatoms. The Balaban J connectivity index is 2.50. The van der Waals surface area contributed by atoms with Crippen LogP contribution in [-0.4, -0.2) is 5.11 Å². The molecule has 1 N–H and O–H groups in total. The van der Waals surface area contributed by atoms with Crippen LogP contribution in [-0.2, 0) is 0 Å². The zero-order valence-electron chi connectivity index (χ0n) is 6.36. The van der Waals surface area contributed by atoms with Crippen molar-refractivity contribution in [2.75, 3.05) is 0 Å². The molecule has 62 valence electrons. The van der Waals surface area contributed by atoms with Gasteiger partial charge >= 0.3 is 0 Å². The summed E-state index contributed by atoms with van der Waals surface area (Å²) >= 11 is 3.33. The summed E-state index contributed by atoms with van der Waals surface area (Å²) in [5.41, 5.74) is 0. The summed E-state index contributed by atoms with van der Waals surface area (Å²) in [5.74, 6) is 0. The second-order valence-electron chi connectivity index (χ2n) is 2.48. The lowest BCUT2D eigenvalue weighted by Crippen LogP contribution is -1.85. The highest BCUT2D eigenvalue weighted by molar-refractivity contribution is 7.26. The Labute approximate surface area is 78.6 Å². The first kappa shape index (κ1) is 7.98. The summed E-state index contributed by atoms with van der Waals surface area (Å²) in [7, 11) is 0. The van der Waals surface area contributed by atoms with E-state index in [1.165, 1.54) is 9.40 Å². The van der Waals surface area contributed by atoms with Crippen molar-refractivity contribution in [1.29, 1.82) is 0 Å². The number of aliphatic hydroxyl groups is 1. The van der Waals surface area contributed by atoms with Crippen LogP contribution in [0.5, 0.6) is 0 Å². The third-order valence-corrected chi connectivity index (χ3v) is 3.84. The lowest BCUT2D eigenvalue weighted by molar-refractivity contribution is 0.233. The monoisotopic (exact) mass is 196 g/mol. The highest BCUT2D eigenvalue weighted by atomic mass is 32.1. The molecule has 2 rings (SSSR count). The number of hydrogen-bond acceptors (Lipinski definition) is 3. The molecule has 2 aromatic rings. The van der Waals surface area contributed by atoms with E-state index < -0.39 is 6.10 Å². The van der Waals surface area contributed by atoms with E-state index in [2.05, 4.69) is 18.0 Å². The van der Waals surface area contributed by atoms with Crippen LogP contribution in [0.1, 0.15) is 11.0 Å². The molecule has 2 heterocycles. The lowest BCUT2D eigenvalue weighted by Gasteiger charge is -1.97. The van der Waals surface area contributed by atoms with Crippen molar-refractivity contribution in [2.45, 2.75) is 6.10 Å². The summed E-state index contributed by atoms with van der Waals surface area (Å²) in [4.78, 5) is 0.979. The number of rotatable bonds is 2. The largest absolute Gasteiger partial charge is 0.383 e. The predicted molar refractivity (Wildman–Crippen MR) is 54.9 cm³/mol. The first-order chi connectivity index (χ1) is 5.81. The molecule has 1 unspecified atom stereocenters. The Morgan fingerprint density at radius 3 is 3.00 bits per heavy atom. The van der Waals surface area contributed by atoms with E-state index in [9.17, 15) is 5.11 Å². The van der Waals surface area contributed by atoms with Crippen LogP contribution in [0.2, 0.25) is 0 Å². The van der Waals surface area contributed by atoms with Gasteiger partial charge in [0.25, 0.3) is 0 Å². The molecule has 0 aromatic carbocycles. The first-order valence-corrected chi connectivity index (χ1v) is 5.28. The highest BCUT2D eigenvalue weighted by Crippen LogP contribution is 2.33. The average molecular weight is 196 g/mol. The van der Waals surface area contributed by atoms with E-state index in [-0.39, 0.29) is 0 Å². The Kier molecular flexibility index (Phi) is 2.00. The Morgan fingerprint density at radius 1 is 1.50 bits per heavy atom. The van der Waals surface area contributed by atoms with Gasteiger partial charge in [0, 0.05) is 14.3 Å². The molecule has 1 atom stereocenters. The molecular weight excluding hydrogens is 188 g/mol. The fourth-order valence-corrected chi connectivity index (χ4v) is 3.15. The van der Waals surface area contributed by atoms with Gasteiger partial charge in [-0.25, -0.2) is 0 Å². The molecule has 12 heavy (non-hydrogen) atoms. The van der Waals surface area contributed by atoms with Crippen molar-refractivity contribution in [1.82, 2.24) is 0 Å². The normalized spacial score (nSPS) is 13.4. The van der Waals surface area contributed by atoms with E-state index in [1.54, 1.807) is 28.7 Å². The van der Waals surface area contributed by atoms with Gasteiger partial charge in [-0.1, -0.05) is 6.08 Å². The molecule has 0 saturated heterocycles. The average Bonchev–Trinajstić information content (AvgIpc) is 2.60. The molecule has 0 aliphatic carbocycles. The van der Waals surface area contributed by atoms with Crippen LogP contribution in [0.4, 0.5) is 0 Å². The van der Waals surface area contributed by atoms with Gasteiger partial charge in [0.1, 0.15) is 6.10 Å². The summed E-state index contributed by atoms with van der Waals surface area (Å²) < 4.78 is 2.49. The second-order valence-corrected chi connectivity index (χ2v) is 4.54. The van der Waals surface area contributed by atoms with Crippen LogP contribution in [0.15, 0.2) is 30.2 Å². The van der Waals surface area contributed by atoms with E-state index in [0.29, 0.717) is 0 Å². The Hall–Kier alpha value is -0.640. The van der Waals surface area contributed by atoms with Crippen molar-refractivity contribution in [3.05, 3.63) is 35.0 Å². The van der Waals surface area contributed by atoms with E-state index >= 15 is 0 Å². The Morgan fingerprint density at radius 2 is 2.33 bits per heavy atom. The maximum Gasteiger partial charge on any atom is 0.106 e. The third kappa shape index (κ3) is 1.20. The minimum absolute atomic E-state index is 0.505. The fraction of sp³-hybridized carbons (Fsp3) is 0.111. The van der Waals surface area contributed by atoms with Crippen LogP contribution >= 0.6 is 22.7 Å². The number of hydrogen-bond donors (Lipinski definition) is 1. The standard InChI is InChI=1S/C9H8OS2/c1-2-6(10)8-5-9-7(12-8)3-4-11-9/h2-6,10H,1H2. The van der Waals surface area contributed by atoms with Gasteiger partial charge in [-0.05, 0) is 17.5 Å². The molecular formula is C9H8OS2. The number of fused-ring (bicyclic) bond motifs is 1. The maximum absolute atomic E-state index is 9.45. The minimum Gasteiger partial charge on any atom is -0.383 e. The molecule has 0 bridgehead atoms. The van der Waals surface area contributed by atoms with Crippen LogP contribution < -0.4 is 0 Å². The molecule has 0 fully saturated rings. The van der Waals surface area contributed by atoms with Crippen LogP contribution in [0, 0.1) is 0 Å². The molecule has 0 spiro atoms. The zero-order chi connectivity index (χ0) is 8.55. The van der Waals surface area contributed by atoms with Crippen LogP contribution in [0.3, 0.4) is 0 Å². The summed E-state index contributed by atoms with van der Waals surface area (Å²) in [6.45, 7) is 3.55. The van der Waals surface area contributed by atoms with E-state index in [0.717, 1.165) is 4.88 Å². The highest BCUT2D eigenvalue weighted by Gasteiger charge is 2.07. The van der Waals surface area contributed by atoms with Gasteiger partial charge in [0.15, 0.2) is 0 Å². The fourth-order valence-electron chi connectivity index (χ4n) is 1.05. The first-order valence-electron chi connectivity index (χ1n) is 3.59. The maximum atomic E-state index is 9.45. The van der Waals surface area contributed by atoms with Crippen LogP contribution in [0.25, 0.3) is 9.40 Å². The van der Waals surface area contributed by atoms with Gasteiger partial charge < -0.3 is 5.11 Å². The van der Waals surface area contributed by atoms with Crippen molar-refractivity contribution >= 4 is 32.1 Å².